The van der Waals surface area contributed by atoms with Gasteiger partial charge in [-0.25, -0.2) is 0 Å². The summed E-state index contributed by atoms with van der Waals surface area (Å²) in [6, 6.07) is 0. The van der Waals surface area contributed by atoms with Gasteiger partial charge in [0.05, 0.1) is 0 Å². The lowest BCUT2D eigenvalue weighted by atomic mass is 10.1. The zero-order valence-corrected chi connectivity index (χ0v) is 8.80. The lowest BCUT2D eigenvalue weighted by molar-refractivity contribution is 0.664. The van der Waals surface area contributed by atoms with Crippen LogP contribution in [0.5, 0.6) is 0 Å². The van der Waals surface area contributed by atoms with E-state index >= 15 is 0 Å². The fourth-order valence-electron chi connectivity index (χ4n) is 0.911. The Morgan fingerprint density at radius 2 is 1.73 bits per heavy atom. The Morgan fingerprint density at radius 1 is 1.09 bits per heavy atom. The van der Waals surface area contributed by atoms with E-state index in [2.05, 4.69) is 6.92 Å². The van der Waals surface area contributed by atoms with E-state index in [-0.39, 0.29) is 0 Å². The third-order valence-corrected chi connectivity index (χ3v) is 2.37. The number of rotatable bonds is 5. The van der Waals surface area contributed by atoms with Crippen LogP contribution in [0.15, 0.2) is 10.1 Å². The molecule has 0 fully saturated rings. The summed E-state index contributed by atoms with van der Waals surface area (Å²) < 4.78 is 0.446. The van der Waals surface area contributed by atoms with Gasteiger partial charge in [0.15, 0.2) is 0 Å². The molecule has 0 aromatic carbocycles. The standard InChI is InChI=1S/C9H16Cl2/c1-3-4-5-6-7-8(2)9(10)11/h3-7H2,1-2H3. The van der Waals surface area contributed by atoms with Crippen molar-refractivity contribution in [1.29, 1.82) is 0 Å². The minimum Gasteiger partial charge on any atom is -0.0710 e. The number of hydrogen-bond donors (Lipinski definition) is 0. The van der Waals surface area contributed by atoms with Crippen LogP contribution in [0.4, 0.5) is 0 Å². The molecule has 0 unspecified atom stereocenters. The van der Waals surface area contributed by atoms with Crippen LogP contribution in [0, 0.1) is 0 Å². The molecule has 0 atom stereocenters. The van der Waals surface area contributed by atoms with Crippen LogP contribution in [0.25, 0.3) is 0 Å². The van der Waals surface area contributed by atoms with Crippen molar-refractivity contribution < 1.29 is 0 Å². The molecule has 2 heteroatoms. The number of halogens is 2. The summed E-state index contributed by atoms with van der Waals surface area (Å²) in [6.07, 6.45) is 6.13. The van der Waals surface area contributed by atoms with Gasteiger partial charge in [-0.15, -0.1) is 0 Å². The Bertz CT molecular complexity index is 124. The molecule has 0 amide bonds. The van der Waals surface area contributed by atoms with Gasteiger partial charge in [-0.05, 0) is 25.3 Å². The summed E-state index contributed by atoms with van der Waals surface area (Å²) in [7, 11) is 0. The van der Waals surface area contributed by atoms with Gasteiger partial charge in [-0.2, -0.15) is 0 Å². The van der Waals surface area contributed by atoms with E-state index in [0.29, 0.717) is 4.49 Å². The lowest BCUT2D eigenvalue weighted by Crippen LogP contribution is -1.80. The lowest BCUT2D eigenvalue weighted by Gasteiger charge is -2.00. The molecule has 0 aliphatic rings. The molecule has 66 valence electrons. The van der Waals surface area contributed by atoms with Crippen molar-refractivity contribution in [3.05, 3.63) is 10.1 Å². The van der Waals surface area contributed by atoms with Gasteiger partial charge in [0, 0.05) is 0 Å². The number of allylic oxidation sites excluding steroid dienone is 1. The van der Waals surface area contributed by atoms with Gasteiger partial charge in [-0.3, -0.25) is 0 Å². The van der Waals surface area contributed by atoms with E-state index in [1.165, 1.54) is 25.7 Å². The smallest absolute Gasteiger partial charge is 0.0710 e. The molecule has 0 aliphatic carbocycles. The van der Waals surface area contributed by atoms with Gasteiger partial charge in [0.2, 0.25) is 0 Å². The molecule has 0 aromatic heterocycles. The largest absolute Gasteiger partial charge is 0.105 e. The Kier molecular flexibility index (Phi) is 7.20. The van der Waals surface area contributed by atoms with Crippen LogP contribution in [-0.4, -0.2) is 0 Å². The Hall–Kier alpha value is 0.320. The normalized spacial score (nSPS) is 9.82. The predicted molar refractivity (Wildman–Crippen MR) is 53.2 cm³/mol. The molecule has 0 heterocycles. The van der Waals surface area contributed by atoms with E-state index in [4.69, 9.17) is 23.2 Å². The summed E-state index contributed by atoms with van der Waals surface area (Å²) in [5.41, 5.74) is 1.12. The minimum atomic E-state index is 0.446. The summed E-state index contributed by atoms with van der Waals surface area (Å²) in [6.45, 7) is 4.19. The van der Waals surface area contributed by atoms with Crippen LogP contribution in [0.1, 0.15) is 46.0 Å². The maximum atomic E-state index is 5.59. The van der Waals surface area contributed by atoms with Gasteiger partial charge in [-0.1, -0.05) is 49.4 Å². The molecule has 0 aromatic rings. The molecule has 0 bridgehead atoms. The van der Waals surface area contributed by atoms with Gasteiger partial charge >= 0.3 is 0 Å². The minimum absolute atomic E-state index is 0.446. The van der Waals surface area contributed by atoms with Crippen LogP contribution < -0.4 is 0 Å². The van der Waals surface area contributed by atoms with Crippen molar-refractivity contribution in [2.45, 2.75) is 46.0 Å². The zero-order valence-electron chi connectivity index (χ0n) is 7.29. The Morgan fingerprint density at radius 3 is 2.18 bits per heavy atom. The maximum Gasteiger partial charge on any atom is 0.105 e. The third kappa shape index (κ3) is 6.71. The Balaban J connectivity index is 3.32. The quantitative estimate of drug-likeness (QED) is 0.559. The Labute approximate surface area is 79.6 Å². The van der Waals surface area contributed by atoms with E-state index in [9.17, 15) is 0 Å². The average molecular weight is 195 g/mol. The highest BCUT2D eigenvalue weighted by Gasteiger charge is 1.95. The summed E-state index contributed by atoms with van der Waals surface area (Å²) in [5.74, 6) is 0. The van der Waals surface area contributed by atoms with Crippen LogP contribution >= 0.6 is 23.2 Å². The molecular formula is C9H16Cl2. The SMILES string of the molecule is CCCCCCC(C)=C(Cl)Cl. The monoisotopic (exact) mass is 194 g/mol. The van der Waals surface area contributed by atoms with E-state index < -0.39 is 0 Å². The van der Waals surface area contributed by atoms with Gasteiger partial charge in [0.1, 0.15) is 4.49 Å². The first-order valence-electron chi connectivity index (χ1n) is 4.19. The molecule has 0 aliphatic heterocycles. The third-order valence-electron chi connectivity index (χ3n) is 1.73. The fourth-order valence-corrected chi connectivity index (χ4v) is 1.10. The first kappa shape index (κ1) is 11.3. The topological polar surface area (TPSA) is 0 Å². The van der Waals surface area contributed by atoms with E-state index in [0.717, 1.165) is 12.0 Å². The maximum absolute atomic E-state index is 5.59. The fraction of sp³-hybridized carbons (Fsp3) is 0.778. The molecule has 11 heavy (non-hydrogen) atoms. The average Bonchev–Trinajstić information content (AvgIpc) is 1.97. The molecular weight excluding hydrogens is 179 g/mol. The molecule has 0 spiro atoms. The van der Waals surface area contributed by atoms with Crippen LogP contribution in [0.3, 0.4) is 0 Å². The van der Waals surface area contributed by atoms with Crippen molar-refractivity contribution in [3.8, 4) is 0 Å². The van der Waals surface area contributed by atoms with Crippen molar-refractivity contribution in [2.24, 2.45) is 0 Å². The van der Waals surface area contributed by atoms with Crippen molar-refractivity contribution in [1.82, 2.24) is 0 Å². The molecule has 0 nitrogen and oxygen atoms in total. The summed E-state index contributed by atoms with van der Waals surface area (Å²) in [4.78, 5) is 0. The molecule has 0 radical (unpaired) electrons. The highest BCUT2D eigenvalue weighted by atomic mass is 35.5. The van der Waals surface area contributed by atoms with Gasteiger partial charge < -0.3 is 0 Å². The van der Waals surface area contributed by atoms with E-state index in [1.54, 1.807) is 0 Å². The number of hydrogen-bond acceptors (Lipinski definition) is 0. The summed E-state index contributed by atoms with van der Waals surface area (Å²) >= 11 is 11.2. The predicted octanol–water partition coefficient (Wildman–Crippen LogP) is 4.67. The highest BCUT2D eigenvalue weighted by molar-refractivity contribution is 6.56. The number of unbranched alkanes of at least 4 members (excludes halogenated alkanes) is 3. The van der Waals surface area contributed by atoms with Crippen LogP contribution in [-0.2, 0) is 0 Å². The first-order valence-corrected chi connectivity index (χ1v) is 4.94. The van der Waals surface area contributed by atoms with Crippen LogP contribution in [0.2, 0.25) is 0 Å². The molecule has 0 N–H and O–H groups in total. The van der Waals surface area contributed by atoms with Crippen molar-refractivity contribution in [3.63, 3.8) is 0 Å². The van der Waals surface area contributed by atoms with E-state index in [1.807, 2.05) is 6.92 Å². The second-order valence-electron chi connectivity index (χ2n) is 2.85. The second kappa shape index (κ2) is 7.00. The molecule has 0 rings (SSSR count). The van der Waals surface area contributed by atoms with Gasteiger partial charge in [0.25, 0.3) is 0 Å². The highest BCUT2D eigenvalue weighted by Crippen LogP contribution is 2.19. The summed E-state index contributed by atoms with van der Waals surface area (Å²) in [5, 5.41) is 0. The first-order chi connectivity index (χ1) is 5.18. The zero-order chi connectivity index (χ0) is 8.69. The molecule has 0 saturated heterocycles. The van der Waals surface area contributed by atoms with Crippen molar-refractivity contribution >= 4 is 23.2 Å². The second-order valence-corrected chi connectivity index (χ2v) is 3.80. The van der Waals surface area contributed by atoms with Crippen molar-refractivity contribution in [2.75, 3.05) is 0 Å². The molecule has 0 saturated carbocycles.